The molecule has 20 heteroatoms. The number of ether oxygens (including phenoxy) is 2. The van der Waals surface area contributed by atoms with Crippen LogP contribution >= 0.6 is 0 Å². The molecule has 368 valence electrons. The summed E-state index contributed by atoms with van der Waals surface area (Å²) in [4.78, 5) is 69.9. The molecule has 18 nitrogen and oxygen atoms in total. The number of fused-ring (bicyclic) bond motifs is 4. The van der Waals surface area contributed by atoms with E-state index < -0.39 is 23.1 Å². The van der Waals surface area contributed by atoms with Crippen LogP contribution in [0.5, 0.6) is 0 Å². The number of alkyl carbamates (subject to hydrolysis) is 2. The lowest BCUT2D eigenvalue weighted by atomic mass is 9.91. The Hall–Kier alpha value is -7.82. The van der Waals surface area contributed by atoms with E-state index in [1.807, 2.05) is 41.5 Å². The first-order chi connectivity index (χ1) is 33.2. The maximum absolute atomic E-state index is 13.0. The first-order valence-corrected chi connectivity index (χ1v) is 22.9. The summed E-state index contributed by atoms with van der Waals surface area (Å²) in [7, 11) is 0. The summed E-state index contributed by atoms with van der Waals surface area (Å²) in [6.07, 6.45) is 9.47. The van der Waals surface area contributed by atoms with Crippen molar-refractivity contribution in [3.8, 4) is 22.8 Å². The highest BCUT2D eigenvalue weighted by Gasteiger charge is 2.41. The minimum Gasteiger partial charge on any atom is -0.472 e. The molecule has 3 amide bonds. The zero-order valence-corrected chi connectivity index (χ0v) is 40.7. The number of aromatic nitrogens is 4. The Balaban J connectivity index is 0.000000183. The number of unbranched alkanes of at least 4 members (excludes halogenated alkanes) is 2. The summed E-state index contributed by atoms with van der Waals surface area (Å²) in [5.74, 6) is -1.41. The van der Waals surface area contributed by atoms with Gasteiger partial charge in [0, 0.05) is 36.6 Å². The largest absolute Gasteiger partial charge is 0.472 e. The molecule has 4 aromatic rings. The van der Waals surface area contributed by atoms with Gasteiger partial charge in [0.05, 0.1) is 20.7 Å². The lowest BCUT2D eigenvalue weighted by molar-refractivity contribution is -0.137. The van der Waals surface area contributed by atoms with Crippen LogP contribution in [-0.4, -0.2) is 94.4 Å². The summed E-state index contributed by atoms with van der Waals surface area (Å²) in [6.45, 7) is 16.7. The van der Waals surface area contributed by atoms with Crippen LogP contribution in [0.4, 0.5) is 18.4 Å². The molecule has 2 aliphatic heterocycles. The number of rotatable bonds is 10. The molecule has 2 aliphatic carbocycles. The molecule has 0 radical (unpaired) electrons. The molecule has 2 aromatic carbocycles. The minimum absolute atomic E-state index is 0.0207. The molecule has 70 heavy (non-hydrogen) atoms. The van der Waals surface area contributed by atoms with E-state index in [2.05, 4.69) is 64.2 Å². The molecule has 2 aromatic heterocycles. The number of carboxylic acids is 1. The van der Waals surface area contributed by atoms with Gasteiger partial charge in [0.15, 0.2) is 23.0 Å². The summed E-state index contributed by atoms with van der Waals surface area (Å²) in [6, 6.07) is 11.8. The van der Waals surface area contributed by atoms with Crippen molar-refractivity contribution in [2.45, 2.75) is 118 Å². The fourth-order valence-corrected chi connectivity index (χ4v) is 6.84. The van der Waals surface area contributed by atoms with E-state index in [9.17, 15) is 28.0 Å². The number of nitrogens with one attached hydrogen (secondary N) is 2. The second-order valence-electron chi connectivity index (χ2n) is 18.1. The van der Waals surface area contributed by atoms with Crippen LogP contribution in [0.15, 0.2) is 82.3 Å². The van der Waals surface area contributed by atoms with Crippen molar-refractivity contribution in [2.24, 2.45) is 16.0 Å². The van der Waals surface area contributed by atoms with Crippen molar-refractivity contribution >= 4 is 46.9 Å². The Morgan fingerprint density at radius 2 is 1.03 bits per heavy atom. The molecule has 0 bridgehead atoms. The fourth-order valence-electron chi connectivity index (χ4n) is 6.84. The molecule has 0 spiro atoms. The molecule has 4 heterocycles. The Labute approximate surface area is 404 Å². The molecular weight excluding hydrogens is 905 g/mol. The number of carbonyl (C=O) groups excluding carboxylic acids is 3. The number of hydrogen-bond acceptors (Lipinski definition) is 12. The van der Waals surface area contributed by atoms with Gasteiger partial charge in [-0.15, -0.1) is 0 Å². The third-order valence-electron chi connectivity index (χ3n) is 10.1. The number of primary amides is 1. The summed E-state index contributed by atoms with van der Waals surface area (Å²) < 4.78 is 36.2. The van der Waals surface area contributed by atoms with Gasteiger partial charge < -0.3 is 30.9 Å². The van der Waals surface area contributed by atoms with Gasteiger partial charge in [0.25, 0.3) is 0 Å². The predicted molar refractivity (Wildman–Crippen MR) is 256 cm³/mol. The summed E-state index contributed by atoms with van der Waals surface area (Å²) in [5, 5.41) is 22.6. The Bertz CT molecular complexity index is 2610. The average Bonchev–Trinajstić information content (AvgIpc) is 3.95. The van der Waals surface area contributed by atoms with Gasteiger partial charge in [-0.3, -0.25) is 4.79 Å². The predicted octanol–water partition coefficient (Wildman–Crippen LogP) is 8.30. The number of carbonyl (C=O) groups is 4. The van der Waals surface area contributed by atoms with Crippen molar-refractivity contribution in [2.75, 3.05) is 13.1 Å². The fraction of sp³-hybridized carbons (Fsp3) is 0.400. The normalized spacial score (nSPS) is 13.8. The first-order valence-electron chi connectivity index (χ1n) is 22.9. The Morgan fingerprint density at radius 1 is 0.643 bits per heavy atom. The maximum Gasteiger partial charge on any atom is 0.454 e. The van der Waals surface area contributed by atoms with Crippen molar-refractivity contribution in [1.82, 2.24) is 30.6 Å². The zero-order valence-electron chi connectivity index (χ0n) is 40.7. The lowest BCUT2D eigenvalue weighted by Crippen LogP contribution is -2.32. The molecular formula is C50H59F2N11O7+2. The monoisotopic (exact) mass is 963 g/mol. The van der Waals surface area contributed by atoms with Gasteiger partial charge in [-0.25, -0.2) is 43.1 Å². The average molecular weight is 964 g/mol. The number of amides is 3. The van der Waals surface area contributed by atoms with E-state index in [1.54, 1.807) is 36.7 Å². The van der Waals surface area contributed by atoms with E-state index in [-0.39, 0.29) is 35.2 Å². The van der Waals surface area contributed by atoms with Crippen molar-refractivity contribution in [1.29, 1.82) is 0 Å². The lowest BCUT2D eigenvalue weighted by Gasteiger charge is -2.19. The van der Waals surface area contributed by atoms with Crippen molar-refractivity contribution < 1.29 is 52.1 Å². The van der Waals surface area contributed by atoms with Gasteiger partial charge in [-0.05, 0) is 140 Å². The number of nitrogens with zero attached hydrogens (tertiary/aromatic N) is 8. The maximum atomic E-state index is 13.0. The van der Waals surface area contributed by atoms with Crippen LogP contribution in [0.1, 0.15) is 116 Å². The SMILES string of the molecule is CCCCNC(=O)OC(C)(C)C.CCCCNC(=O)OC(C)(C)C.NC(=O)C1=[N+]=NC2=C1CCc1cnc(-c3ccc(F)cc3)nc12.O=C(O)C1=[N+]=NC2=C1CCc1cnc(-c3ccc(F)cc3)nc12. The highest BCUT2D eigenvalue weighted by atomic mass is 19.1. The molecule has 0 atom stereocenters. The van der Waals surface area contributed by atoms with Crippen molar-refractivity contribution in [3.63, 3.8) is 0 Å². The van der Waals surface area contributed by atoms with E-state index >= 15 is 0 Å². The molecule has 0 saturated heterocycles. The van der Waals surface area contributed by atoms with E-state index in [0.717, 1.165) is 42.4 Å². The summed E-state index contributed by atoms with van der Waals surface area (Å²) >= 11 is 0. The first kappa shape index (κ1) is 53.1. The van der Waals surface area contributed by atoms with Crippen LogP contribution < -0.4 is 16.4 Å². The van der Waals surface area contributed by atoms with Gasteiger partial charge in [0.2, 0.25) is 0 Å². The molecule has 4 aliphatic rings. The third kappa shape index (κ3) is 15.1. The van der Waals surface area contributed by atoms with Crippen LogP contribution in [0, 0.1) is 11.6 Å². The number of benzene rings is 2. The van der Waals surface area contributed by atoms with Gasteiger partial charge in [0.1, 0.15) is 44.5 Å². The third-order valence-corrected chi connectivity index (χ3v) is 10.1. The van der Waals surface area contributed by atoms with Gasteiger partial charge in [-0.2, -0.15) is 0 Å². The van der Waals surface area contributed by atoms with Crippen LogP contribution in [0.2, 0.25) is 0 Å². The topological polar surface area (TPSA) is 262 Å². The number of carboxylic acid groups (broad SMARTS) is 1. The van der Waals surface area contributed by atoms with Gasteiger partial charge >= 0.3 is 35.5 Å². The number of hydrogen-bond donors (Lipinski definition) is 4. The number of aryl methyl sites for hydroxylation is 2. The number of nitrogens with two attached hydrogens (primary N) is 1. The minimum atomic E-state index is -1.09. The highest BCUT2D eigenvalue weighted by molar-refractivity contribution is 6.44. The van der Waals surface area contributed by atoms with E-state index in [0.29, 0.717) is 89.9 Å². The van der Waals surface area contributed by atoms with Crippen LogP contribution in [0.25, 0.3) is 34.2 Å². The second kappa shape index (κ2) is 24.0. The second-order valence-corrected chi connectivity index (χ2v) is 18.1. The molecule has 0 fully saturated rings. The zero-order chi connectivity index (χ0) is 51.2. The molecule has 0 unspecified atom stereocenters. The van der Waals surface area contributed by atoms with Crippen molar-refractivity contribution in [3.05, 3.63) is 106 Å². The quantitative estimate of drug-likeness (QED) is 0.0867. The van der Waals surface area contributed by atoms with Crippen LogP contribution in [0.3, 0.4) is 0 Å². The van der Waals surface area contributed by atoms with E-state index in [1.165, 1.54) is 24.3 Å². The summed E-state index contributed by atoms with van der Waals surface area (Å²) in [5.41, 5.74) is 11.6. The molecule has 0 saturated carbocycles. The van der Waals surface area contributed by atoms with E-state index in [4.69, 9.17) is 20.3 Å². The molecule has 5 N–H and O–H groups in total. The molecule has 8 rings (SSSR count). The number of halogens is 2. The standard InChI is InChI=1S/C16H10FN5O.C16H9FN4O2.2C9H19NO2/c17-10-4-1-8(2-5-10)16-19-7-9-3-6-11-13(12(9)20-16)21-22-14(11)15(18)23;17-10-4-1-8(2-5-10)15-18-7-9-3-6-11-13(12(9)19-15)20-21-14(11)16(22)23;2*1-5-6-7-10-8(11)12-9(2,3)4/h1-2,4-5,7H,3,6H2,(H-,18,23);1-2,4-5,7H,3,6H2;2*5-7H2,1-4H3,(H,10,11)/p+2. The number of aliphatic carboxylic acids is 1. The smallest absolute Gasteiger partial charge is 0.454 e. The van der Waals surface area contributed by atoms with Crippen LogP contribution in [-0.2, 0) is 31.9 Å². The Kier molecular flexibility index (Phi) is 18.2. The highest BCUT2D eigenvalue weighted by Crippen LogP contribution is 2.35. The van der Waals surface area contributed by atoms with Gasteiger partial charge in [-0.1, -0.05) is 26.7 Å². The Morgan fingerprint density at radius 3 is 1.39 bits per heavy atom.